The fourth-order valence-corrected chi connectivity index (χ4v) is 2.46. The molecule has 0 aromatic carbocycles. The van der Waals surface area contributed by atoms with E-state index in [-0.39, 0.29) is 11.9 Å². The number of ether oxygens (including phenoxy) is 1. The standard InChI is InChI=1S/C16H18N2O3/c1-11(8-13-5-3-6-20-13)18-16(19)14-9-12-4-2-7-21-15(12)10-17-14/h3,5-6,9-11H,2,4,7-8H2,1H3,(H,18,19). The first-order valence-electron chi connectivity index (χ1n) is 7.17. The average Bonchev–Trinajstić information content (AvgIpc) is 2.99. The fraction of sp³-hybridized carbons (Fsp3) is 0.375. The molecule has 5 nitrogen and oxygen atoms in total. The number of carbonyl (C=O) groups is 1. The van der Waals surface area contributed by atoms with Crippen molar-refractivity contribution in [1.29, 1.82) is 0 Å². The third-order valence-electron chi connectivity index (χ3n) is 3.49. The van der Waals surface area contributed by atoms with Crippen LogP contribution in [-0.4, -0.2) is 23.5 Å². The molecule has 1 unspecified atom stereocenters. The first-order chi connectivity index (χ1) is 10.2. The van der Waals surface area contributed by atoms with Crippen molar-refractivity contribution < 1.29 is 13.9 Å². The number of hydrogen-bond donors (Lipinski definition) is 1. The topological polar surface area (TPSA) is 64.4 Å². The predicted octanol–water partition coefficient (Wildman–Crippen LogP) is 2.36. The van der Waals surface area contributed by atoms with Gasteiger partial charge in [0.1, 0.15) is 17.2 Å². The summed E-state index contributed by atoms with van der Waals surface area (Å²) in [5, 5.41) is 2.94. The zero-order valence-corrected chi connectivity index (χ0v) is 12.0. The molecule has 2 aromatic heterocycles. The van der Waals surface area contributed by atoms with E-state index in [1.807, 2.05) is 25.1 Å². The van der Waals surface area contributed by atoms with Gasteiger partial charge in [-0.1, -0.05) is 0 Å². The number of aryl methyl sites for hydroxylation is 1. The van der Waals surface area contributed by atoms with Gasteiger partial charge in [-0.2, -0.15) is 0 Å². The Bertz CT molecular complexity index is 622. The Balaban J connectivity index is 1.64. The lowest BCUT2D eigenvalue weighted by atomic mass is 10.1. The van der Waals surface area contributed by atoms with Crippen molar-refractivity contribution in [2.24, 2.45) is 0 Å². The monoisotopic (exact) mass is 286 g/mol. The Morgan fingerprint density at radius 3 is 3.24 bits per heavy atom. The molecule has 0 aliphatic carbocycles. The Kier molecular flexibility index (Phi) is 3.90. The number of rotatable bonds is 4. The van der Waals surface area contributed by atoms with Crippen molar-refractivity contribution >= 4 is 5.91 Å². The minimum Gasteiger partial charge on any atom is -0.492 e. The number of nitrogens with zero attached hydrogens (tertiary/aromatic N) is 1. The molecule has 1 aliphatic rings. The van der Waals surface area contributed by atoms with Crippen molar-refractivity contribution in [3.8, 4) is 5.75 Å². The van der Waals surface area contributed by atoms with Gasteiger partial charge in [0.2, 0.25) is 0 Å². The highest BCUT2D eigenvalue weighted by molar-refractivity contribution is 5.92. The second-order valence-corrected chi connectivity index (χ2v) is 5.29. The normalized spacial score (nSPS) is 14.9. The summed E-state index contributed by atoms with van der Waals surface area (Å²) in [5.41, 5.74) is 1.49. The fourth-order valence-electron chi connectivity index (χ4n) is 2.46. The quantitative estimate of drug-likeness (QED) is 0.937. The van der Waals surface area contributed by atoms with Gasteiger partial charge in [0.15, 0.2) is 0 Å². The maximum absolute atomic E-state index is 12.2. The summed E-state index contributed by atoms with van der Waals surface area (Å²) in [6.45, 7) is 2.67. The Morgan fingerprint density at radius 2 is 2.43 bits per heavy atom. The van der Waals surface area contributed by atoms with Crippen LogP contribution < -0.4 is 10.1 Å². The molecule has 0 saturated carbocycles. The molecule has 5 heteroatoms. The summed E-state index contributed by atoms with van der Waals surface area (Å²) < 4.78 is 10.8. The molecule has 0 spiro atoms. The number of furan rings is 1. The van der Waals surface area contributed by atoms with Gasteiger partial charge in [0.25, 0.3) is 5.91 Å². The van der Waals surface area contributed by atoms with Crippen LogP contribution in [0.25, 0.3) is 0 Å². The molecule has 2 aromatic rings. The number of fused-ring (bicyclic) bond motifs is 1. The molecule has 1 atom stereocenters. The highest BCUT2D eigenvalue weighted by atomic mass is 16.5. The number of nitrogens with one attached hydrogen (secondary N) is 1. The van der Waals surface area contributed by atoms with E-state index < -0.39 is 0 Å². The van der Waals surface area contributed by atoms with Crippen LogP contribution in [0.4, 0.5) is 0 Å². The minimum absolute atomic E-state index is 0.0160. The van der Waals surface area contributed by atoms with E-state index in [1.165, 1.54) is 0 Å². The van der Waals surface area contributed by atoms with E-state index in [4.69, 9.17) is 9.15 Å². The molecule has 0 radical (unpaired) electrons. The van der Waals surface area contributed by atoms with E-state index >= 15 is 0 Å². The van der Waals surface area contributed by atoms with Crippen molar-refractivity contribution in [2.75, 3.05) is 6.61 Å². The van der Waals surface area contributed by atoms with E-state index in [0.717, 1.165) is 36.5 Å². The van der Waals surface area contributed by atoms with E-state index in [1.54, 1.807) is 12.5 Å². The van der Waals surface area contributed by atoms with Crippen LogP contribution in [0.5, 0.6) is 5.75 Å². The number of pyridine rings is 1. The van der Waals surface area contributed by atoms with Gasteiger partial charge in [-0.05, 0) is 43.5 Å². The van der Waals surface area contributed by atoms with Crippen LogP contribution in [0, 0.1) is 0 Å². The minimum atomic E-state index is -0.164. The largest absolute Gasteiger partial charge is 0.492 e. The molecular formula is C16H18N2O3. The summed E-state index contributed by atoms with van der Waals surface area (Å²) in [6, 6.07) is 5.55. The van der Waals surface area contributed by atoms with Crippen LogP contribution in [0.15, 0.2) is 35.1 Å². The molecule has 1 amide bonds. The van der Waals surface area contributed by atoms with Gasteiger partial charge in [-0.15, -0.1) is 0 Å². The maximum Gasteiger partial charge on any atom is 0.270 e. The zero-order valence-electron chi connectivity index (χ0n) is 12.0. The summed E-state index contributed by atoms with van der Waals surface area (Å²) >= 11 is 0. The molecule has 1 aliphatic heterocycles. The van der Waals surface area contributed by atoms with Gasteiger partial charge in [0, 0.05) is 12.5 Å². The van der Waals surface area contributed by atoms with Crippen molar-refractivity contribution in [2.45, 2.75) is 32.2 Å². The smallest absolute Gasteiger partial charge is 0.270 e. The van der Waals surface area contributed by atoms with Crippen LogP contribution in [0.3, 0.4) is 0 Å². The maximum atomic E-state index is 12.2. The third kappa shape index (κ3) is 3.24. The van der Waals surface area contributed by atoms with Gasteiger partial charge < -0.3 is 14.5 Å². The second-order valence-electron chi connectivity index (χ2n) is 5.29. The third-order valence-corrected chi connectivity index (χ3v) is 3.49. The Hall–Kier alpha value is -2.30. The number of carbonyl (C=O) groups excluding carboxylic acids is 1. The van der Waals surface area contributed by atoms with E-state index in [2.05, 4.69) is 10.3 Å². The lowest BCUT2D eigenvalue weighted by Crippen LogP contribution is -2.34. The number of aromatic nitrogens is 1. The van der Waals surface area contributed by atoms with Crippen LogP contribution in [-0.2, 0) is 12.8 Å². The SMILES string of the molecule is CC(Cc1ccco1)NC(=O)c1cc2c(cn1)OCCC2. The summed E-state index contributed by atoms with van der Waals surface area (Å²) in [6.07, 6.45) is 5.84. The highest BCUT2D eigenvalue weighted by Gasteiger charge is 2.17. The summed E-state index contributed by atoms with van der Waals surface area (Å²) in [5.74, 6) is 1.48. The van der Waals surface area contributed by atoms with Gasteiger partial charge in [0.05, 0.1) is 19.1 Å². The van der Waals surface area contributed by atoms with Gasteiger partial charge >= 0.3 is 0 Å². The lowest BCUT2D eigenvalue weighted by Gasteiger charge is -2.17. The van der Waals surface area contributed by atoms with Gasteiger partial charge in [-0.25, -0.2) is 4.98 Å². The second kappa shape index (κ2) is 5.99. The van der Waals surface area contributed by atoms with Crippen molar-refractivity contribution in [3.05, 3.63) is 47.7 Å². The van der Waals surface area contributed by atoms with Gasteiger partial charge in [-0.3, -0.25) is 4.79 Å². The van der Waals surface area contributed by atoms with E-state index in [0.29, 0.717) is 12.1 Å². The molecule has 110 valence electrons. The van der Waals surface area contributed by atoms with Crippen LogP contribution in [0.1, 0.15) is 35.2 Å². The molecule has 1 N–H and O–H groups in total. The van der Waals surface area contributed by atoms with Crippen LogP contribution in [0.2, 0.25) is 0 Å². The first kappa shape index (κ1) is 13.7. The highest BCUT2D eigenvalue weighted by Crippen LogP contribution is 2.23. The zero-order chi connectivity index (χ0) is 14.7. The molecule has 3 heterocycles. The molecule has 0 saturated heterocycles. The molecular weight excluding hydrogens is 268 g/mol. The Labute approximate surface area is 123 Å². The van der Waals surface area contributed by atoms with Crippen molar-refractivity contribution in [1.82, 2.24) is 10.3 Å². The number of amides is 1. The molecule has 3 rings (SSSR count). The van der Waals surface area contributed by atoms with Crippen molar-refractivity contribution in [3.63, 3.8) is 0 Å². The average molecular weight is 286 g/mol. The number of hydrogen-bond acceptors (Lipinski definition) is 4. The summed E-state index contributed by atoms with van der Waals surface area (Å²) in [7, 11) is 0. The lowest BCUT2D eigenvalue weighted by molar-refractivity contribution is 0.0934. The van der Waals surface area contributed by atoms with E-state index in [9.17, 15) is 4.79 Å². The predicted molar refractivity (Wildman–Crippen MR) is 77.4 cm³/mol. The Morgan fingerprint density at radius 1 is 1.52 bits per heavy atom. The molecule has 0 fully saturated rings. The summed E-state index contributed by atoms with van der Waals surface area (Å²) in [4.78, 5) is 16.4. The molecule has 0 bridgehead atoms. The first-order valence-corrected chi connectivity index (χ1v) is 7.17. The molecule has 21 heavy (non-hydrogen) atoms. The van der Waals surface area contributed by atoms with Crippen LogP contribution >= 0.6 is 0 Å².